The van der Waals surface area contributed by atoms with E-state index in [1.165, 1.54) is 0 Å². The van der Waals surface area contributed by atoms with Crippen LogP contribution in [0.4, 0.5) is 13.2 Å². The van der Waals surface area contributed by atoms with E-state index in [2.05, 4.69) is 5.32 Å². The smallest absolute Gasteiger partial charge is 0.381 e. The van der Waals surface area contributed by atoms with Crippen LogP contribution in [-0.4, -0.2) is 37.4 Å². The molecule has 1 N–H and O–H groups in total. The first kappa shape index (κ1) is 14.1. The van der Waals surface area contributed by atoms with Gasteiger partial charge in [0, 0.05) is 31.1 Å². The van der Waals surface area contributed by atoms with Gasteiger partial charge in [-0.2, -0.15) is 13.2 Å². The molecule has 1 rings (SSSR count). The van der Waals surface area contributed by atoms with Gasteiger partial charge in [0.25, 0.3) is 0 Å². The van der Waals surface area contributed by atoms with Crippen LogP contribution in [0, 0.1) is 0 Å². The first-order valence-electron chi connectivity index (χ1n) is 5.43. The van der Waals surface area contributed by atoms with E-state index < -0.39 is 12.6 Å². The Labute approximate surface area is 98.5 Å². The topological polar surface area (TPSA) is 21.3 Å². The average molecular weight is 260 g/mol. The highest BCUT2D eigenvalue weighted by Crippen LogP contribution is 2.24. The summed E-state index contributed by atoms with van der Waals surface area (Å²) in [5.74, 6) is 0.419. The molecule has 1 aliphatic heterocycles. The van der Waals surface area contributed by atoms with Gasteiger partial charge >= 0.3 is 6.18 Å². The summed E-state index contributed by atoms with van der Waals surface area (Å²) in [6.45, 7) is 1.60. The standard InChI is InChI=1S/C10H17ClF3NO/c11-8-9(3-6-16-7-4-9)15-5-1-2-10(12,13)14/h15H,1-8H2. The molecule has 1 fully saturated rings. The van der Waals surface area contributed by atoms with Gasteiger partial charge < -0.3 is 10.1 Å². The summed E-state index contributed by atoms with van der Waals surface area (Å²) in [6.07, 6.45) is -3.17. The maximum Gasteiger partial charge on any atom is 0.389 e. The maximum absolute atomic E-state index is 11.9. The van der Waals surface area contributed by atoms with Crippen molar-refractivity contribution in [2.75, 3.05) is 25.6 Å². The minimum absolute atomic E-state index is 0.100. The molecule has 0 radical (unpaired) electrons. The summed E-state index contributed by atoms with van der Waals surface area (Å²) < 4.78 is 41.0. The Balaban J connectivity index is 2.23. The van der Waals surface area contributed by atoms with Crippen molar-refractivity contribution in [1.82, 2.24) is 5.32 Å². The van der Waals surface area contributed by atoms with Gasteiger partial charge in [-0.3, -0.25) is 0 Å². The zero-order chi connectivity index (χ0) is 12.1. The van der Waals surface area contributed by atoms with Crippen molar-refractivity contribution in [2.24, 2.45) is 0 Å². The van der Waals surface area contributed by atoms with Crippen LogP contribution in [0.25, 0.3) is 0 Å². The number of hydrogen-bond donors (Lipinski definition) is 1. The van der Waals surface area contributed by atoms with E-state index >= 15 is 0 Å². The first-order chi connectivity index (χ1) is 7.47. The molecule has 1 saturated heterocycles. The van der Waals surface area contributed by atoms with Crippen molar-refractivity contribution in [3.05, 3.63) is 0 Å². The zero-order valence-corrected chi connectivity index (χ0v) is 9.83. The van der Waals surface area contributed by atoms with Crippen molar-refractivity contribution in [3.63, 3.8) is 0 Å². The monoisotopic (exact) mass is 259 g/mol. The van der Waals surface area contributed by atoms with Crippen molar-refractivity contribution < 1.29 is 17.9 Å². The summed E-state index contributed by atoms with van der Waals surface area (Å²) in [5, 5.41) is 3.15. The molecule has 1 heterocycles. The Morgan fingerprint density at radius 2 is 1.88 bits per heavy atom. The Morgan fingerprint density at radius 3 is 2.38 bits per heavy atom. The highest BCUT2D eigenvalue weighted by molar-refractivity contribution is 6.18. The number of nitrogens with one attached hydrogen (secondary N) is 1. The van der Waals surface area contributed by atoms with Crippen LogP contribution in [0.1, 0.15) is 25.7 Å². The van der Waals surface area contributed by atoms with Crippen LogP contribution >= 0.6 is 11.6 Å². The van der Waals surface area contributed by atoms with E-state index in [0.29, 0.717) is 25.6 Å². The number of alkyl halides is 4. The van der Waals surface area contributed by atoms with Crippen LogP contribution in [0.5, 0.6) is 0 Å². The summed E-state index contributed by atoms with van der Waals surface area (Å²) in [4.78, 5) is 0. The van der Waals surface area contributed by atoms with Gasteiger partial charge in [0.1, 0.15) is 0 Å². The van der Waals surface area contributed by atoms with Crippen LogP contribution in [0.3, 0.4) is 0 Å². The molecule has 1 aliphatic rings. The molecular weight excluding hydrogens is 243 g/mol. The van der Waals surface area contributed by atoms with Gasteiger partial charge in [-0.05, 0) is 25.8 Å². The van der Waals surface area contributed by atoms with Crippen molar-refractivity contribution in [2.45, 2.75) is 37.4 Å². The van der Waals surface area contributed by atoms with E-state index in [-0.39, 0.29) is 12.0 Å². The second kappa shape index (κ2) is 6.07. The molecule has 0 aromatic rings. The molecule has 16 heavy (non-hydrogen) atoms. The lowest BCUT2D eigenvalue weighted by atomic mass is 9.92. The first-order valence-corrected chi connectivity index (χ1v) is 5.96. The third-order valence-electron chi connectivity index (χ3n) is 2.84. The van der Waals surface area contributed by atoms with Crippen LogP contribution in [-0.2, 0) is 4.74 Å². The Morgan fingerprint density at radius 1 is 1.25 bits per heavy atom. The average Bonchev–Trinajstić information content (AvgIpc) is 2.25. The van der Waals surface area contributed by atoms with Crippen LogP contribution in [0.2, 0.25) is 0 Å². The Kier molecular flexibility index (Phi) is 5.34. The van der Waals surface area contributed by atoms with E-state index in [1.807, 2.05) is 0 Å². The lowest BCUT2D eigenvalue weighted by Crippen LogP contribution is -2.51. The molecule has 0 bridgehead atoms. The quantitative estimate of drug-likeness (QED) is 0.606. The molecule has 6 heteroatoms. The molecule has 2 nitrogen and oxygen atoms in total. The van der Waals surface area contributed by atoms with Crippen molar-refractivity contribution >= 4 is 11.6 Å². The Bertz CT molecular complexity index is 205. The number of rotatable bonds is 5. The zero-order valence-electron chi connectivity index (χ0n) is 9.08. The molecule has 96 valence electrons. The number of ether oxygens (including phenoxy) is 1. The maximum atomic E-state index is 11.9. The van der Waals surface area contributed by atoms with Gasteiger partial charge in [-0.25, -0.2) is 0 Å². The minimum atomic E-state index is -4.06. The van der Waals surface area contributed by atoms with Crippen LogP contribution < -0.4 is 5.32 Å². The largest absolute Gasteiger partial charge is 0.389 e. The van der Waals surface area contributed by atoms with E-state index in [9.17, 15) is 13.2 Å². The molecular formula is C10H17ClF3NO. The molecule has 0 saturated carbocycles. The lowest BCUT2D eigenvalue weighted by molar-refractivity contribution is -0.135. The summed E-state index contributed by atoms with van der Waals surface area (Å²) in [6, 6.07) is 0. The molecule has 0 unspecified atom stereocenters. The second-order valence-corrected chi connectivity index (χ2v) is 4.44. The van der Waals surface area contributed by atoms with E-state index in [1.54, 1.807) is 0 Å². The molecule has 0 spiro atoms. The molecule has 0 amide bonds. The third-order valence-corrected chi connectivity index (χ3v) is 3.35. The summed E-state index contributed by atoms with van der Waals surface area (Å²) in [7, 11) is 0. The Hall–Kier alpha value is -0.0000000000000000208. The summed E-state index contributed by atoms with van der Waals surface area (Å²) >= 11 is 5.87. The second-order valence-electron chi connectivity index (χ2n) is 4.17. The SMILES string of the molecule is FC(F)(F)CCCNC1(CCl)CCOCC1. The van der Waals surface area contributed by atoms with Gasteiger partial charge in [0.15, 0.2) is 0 Å². The van der Waals surface area contributed by atoms with Crippen LogP contribution in [0.15, 0.2) is 0 Å². The molecule has 0 aromatic carbocycles. The lowest BCUT2D eigenvalue weighted by Gasteiger charge is -2.36. The van der Waals surface area contributed by atoms with Crippen molar-refractivity contribution in [1.29, 1.82) is 0 Å². The normalized spacial score (nSPS) is 21.0. The van der Waals surface area contributed by atoms with E-state index in [0.717, 1.165) is 12.8 Å². The van der Waals surface area contributed by atoms with Crippen molar-refractivity contribution in [3.8, 4) is 0 Å². The molecule has 0 aromatic heterocycles. The van der Waals surface area contributed by atoms with Gasteiger partial charge in [0.05, 0.1) is 0 Å². The minimum Gasteiger partial charge on any atom is -0.381 e. The fourth-order valence-corrected chi connectivity index (χ4v) is 2.12. The molecule has 0 aliphatic carbocycles. The fourth-order valence-electron chi connectivity index (χ4n) is 1.76. The highest BCUT2D eigenvalue weighted by Gasteiger charge is 2.32. The molecule has 0 atom stereocenters. The van der Waals surface area contributed by atoms with E-state index in [4.69, 9.17) is 16.3 Å². The predicted octanol–water partition coefficient (Wildman–Crippen LogP) is 2.71. The van der Waals surface area contributed by atoms with Gasteiger partial charge in [0.2, 0.25) is 0 Å². The van der Waals surface area contributed by atoms with Gasteiger partial charge in [-0.1, -0.05) is 0 Å². The fraction of sp³-hybridized carbons (Fsp3) is 1.00. The summed E-state index contributed by atoms with van der Waals surface area (Å²) in [5.41, 5.74) is -0.231. The number of hydrogen-bond acceptors (Lipinski definition) is 2. The predicted molar refractivity (Wildman–Crippen MR) is 56.8 cm³/mol. The van der Waals surface area contributed by atoms with Gasteiger partial charge in [-0.15, -0.1) is 11.6 Å². The third kappa shape index (κ3) is 4.89. The number of halogens is 4. The highest BCUT2D eigenvalue weighted by atomic mass is 35.5.